The molecule has 2 rings (SSSR count). The molecule has 0 saturated carbocycles. The highest BCUT2D eigenvalue weighted by atomic mass is 79.9. The molecule has 0 saturated heterocycles. The minimum absolute atomic E-state index is 1.09. The fourth-order valence-corrected chi connectivity index (χ4v) is 1.99. The summed E-state index contributed by atoms with van der Waals surface area (Å²) in [5.74, 6) is 0. The van der Waals surface area contributed by atoms with E-state index in [1.807, 2.05) is 30.3 Å². The van der Waals surface area contributed by atoms with E-state index in [9.17, 15) is 0 Å². The van der Waals surface area contributed by atoms with Crippen molar-refractivity contribution in [2.24, 2.45) is 0 Å². The third-order valence-electron chi connectivity index (χ3n) is 2.18. The van der Waals surface area contributed by atoms with Crippen molar-refractivity contribution in [3.63, 3.8) is 0 Å². The Kier molecular flexibility index (Phi) is 3.07. The van der Waals surface area contributed by atoms with E-state index in [0.29, 0.717) is 0 Å². The zero-order valence-electron chi connectivity index (χ0n) is 8.50. The van der Waals surface area contributed by atoms with Gasteiger partial charge in [-0.25, -0.2) is 0 Å². The molecule has 0 aliphatic heterocycles. The molecule has 0 aromatic heterocycles. The quantitative estimate of drug-likeness (QED) is 0.840. The molecule has 0 amide bonds. The maximum Gasteiger partial charge on any atom is 0.0528 e. The monoisotopic (exact) mass is 261 g/mol. The van der Waals surface area contributed by atoms with E-state index >= 15 is 0 Å². The van der Waals surface area contributed by atoms with Crippen molar-refractivity contribution in [2.75, 3.05) is 5.32 Å². The van der Waals surface area contributed by atoms with Gasteiger partial charge in [-0.3, -0.25) is 0 Å². The Morgan fingerprint density at radius 3 is 2.40 bits per heavy atom. The van der Waals surface area contributed by atoms with Crippen LogP contribution in [0.15, 0.2) is 53.0 Å². The van der Waals surface area contributed by atoms with Crippen molar-refractivity contribution >= 4 is 27.3 Å². The van der Waals surface area contributed by atoms with Crippen LogP contribution in [0.4, 0.5) is 11.4 Å². The van der Waals surface area contributed by atoms with Gasteiger partial charge in [0.25, 0.3) is 0 Å². The predicted octanol–water partition coefficient (Wildman–Crippen LogP) is 4.50. The molecule has 2 aromatic rings. The Labute approximate surface area is 98.3 Å². The zero-order valence-corrected chi connectivity index (χ0v) is 10.1. The molecule has 0 fully saturated rings. The van der Waals surface area contributed by atoms with Crippen LogP contribution in [0, 0.1) is 6.92 Å². The lowest BCUT2D eigenvalue weighted by Crippen LogP contribution is -1.90. The van der Waals surface area contributed by atoms with E-state index in [4.69, 9.17) is 0 Å². The second-order valence-electron chi connectivity index (χ2n) is 3.47. The van der Waals surface area contributed by atoms with Crippen LogP contribution in [0.2, 0.25) is 0 Å². The fourth-order valence-electron chi connectivity index (χ4n) is 1.40. The van der Waals surface area contributed by atoms with Crippen LogP contribution in [0.5, 0.6) is 0 Å². The molecule has 76 valence electrons. The number of aryl methyl sites for hydroxylation is 1. The van der Waals surface area contributed by atoms with Gasteiger partial charge in [0.1, 0.15) is 0 Å². The van der Waals surface area contributed by atoms with Gasteiger partial charge >= 0.3 is 0 Å². The fraction of sp³-hybridized carbons (Fsp3) is 0.0769. The lowest BCUT2D eigenvalue weighted by molar-refractivity contribution is 1.43. The lowest BCUT2D eigenvalue weighted by atomic mass is 10.2. The summed E-state index contributed by atoms with van der Waals surface area (Å²) in [6.07, 6.45) is 0. The highest BCUT2D eigenvalue weighted by Crippen LogP contribution is 2.26. The summed E-state index contributed by atoms with van der Waals surface area (Å²) in [7, 11) is 0. The summed E-state index contributed by atoms with van der Waals surface area (Å²) >= 11 is 3.54. The van der Waals surface area contributed by atoms with Crippen molar-refractivity contribution in [2.45, 2.75) is 6.92 Å². The van der Waals surface area contributed by atoms with Crippen molar-refractivity contribution in [3.8, 4) is 0 Å². The summed E-state index contributed by atoms with van der Waals surface area (Å²) in [5.41, 5.74) is 3.44. The first-order chi connectivity index (χ1) is 7.25. The van der Waals surface area contributed by atoms with E-state index in [1.165, 1.54) is 5.56 Å². The smallest absolute Gasteiger partial charge is 0.0528 e. The molecule has 0 radical (unpaired) electrons. The van der Waals surface area contributed by atoms with Gasteiger partial charge in [0.2, 0.25) is 0 Å². The maximum absolute atomic E-state index is 3.54. The van der Waals surface area contributed by atoms with Gasteiger partial charge < -0.3 is 5.32 Å². The third-order valence-corrected chi connectivity index (χ3v) is 2.83. The number of nitrogens with one attached hydrogen (secondary N) is 1. The number of para-hydroxylation sites is 1. The van der Waals surface area contributed by atoms with Crippen LogP contribution in [0.1, 0.15) is 5.56 Å². The van der Waals surface area contributed by atoms with Gasteiger partial charge in [-0.05, 0) is 52.7 Å². The Morgan fingerprint density at radius 2 is 1.73 bits per heavy atom. The zero-order chi connectivity index (χ0) is 10.7. The van der Waals surface area contributed by atoms with Crippen molar-refractivity contribution in [3.05, 3.63) is 58.6 Å². The summed E-state index contributed by atoms with van der Waals surface area (Å²) in [5, 5.41) is 3.35. The minimum Gasteiger partial charge on any atom is -0.355 e. The molecule has 0 atom stereocenters. The SMILES string of the molecule is Cc1ccc(Nc2ccccc2)c(Br)c1. The van der Waals surface area contributed by atoms with Gasteiger partial charge in [0, 0.05) is 10.2 Å². The van der Waals surface area contributed by atoms with E-state index in [0.717, 1.165) is 15.8 Å². The first-order valence-electron chi connectivity index (χ1n) is 4.84. The van der Waals surface area contributed by atoms with Crippen LogP contribution in [0.3, 0.4) is 0 Å². The highest BCUT2D eigenvalue weighted by Gasteiger charge is 1.99. The average Bonchev–Trinajstić information content (AvgIpc) is 2.24. The number of hydrogen-bond acceptors (Lipinski definition) is 1. The molecule has 2 heteroatoms. The molecule has 0 heterocycles. The Morgan fingerprint density at radius 1 is 1.00 bits per heavy atom. The van der Waals surface area contributed by atoms with Crippen LogP contribution in [-0.2, 0) is 0 Å². The van der Waals surface area contributed by atoms with Crippen LogP contribution in [-0.4, -0.2) is 0 Å². The molecule has 2 aromatic carbocycles. The number of benzene rings is 2. The maximum atomic E-state index is 3.54. The average molecular weight is 262 g/mol. The van der Waals surface area contributed by atoms with Gasteiger partial charge in [0.15, 0.2) is 0 Å². The predicted molar refractivity (Wildman–Crippen MR) is 68.6 cm³/mol. The van der Waals surface area contributed by atoms with Gasteiger partial charge in [-0.1, -0.05) is 24.3 Å². The van der Waals surface area contributed by atoms with Crippen molar-refractivity contribution < 1.29 is 0 Å². The topological polar surface area (TPSA) is 12.0 Å². The molecule has 0 unspecified atom stereocenters. The normalized spacial score (nSPS) is 10.0. The van der Waals surface area contributed by atoms with Crippen LogP contribution in [0.25, 0.3) is 0 Å². The van der Waals surface area contributed by atoms with E-state index < -0.39 is 0 Å². The largest absolute Gasteiger partial charge is 0.355 e. The Bertz CT molecular complexity index is 451. The van der Waals surface area contributed by atoms with Crippen molar-refractivity contribution in [1.82, 2.24) is 0 Å². The molecular formula is C13H12BrN. The van der Waals surface area contributed by atoms with Gasteiger partial charge in [0.05, 0.1) is 5.69 Å². The lowest BCUT2D eigenvalue weighted by Gasteiger charge is -2.08. The molecule has 1 N–H and O–H groups in total. The second kappa shape index (κ2) is 4.49. The molecule has 0 bridgehead atoms. The number of rotatable bonds is 2. The molecule has 0 aliphatic carbocycles. The third kappa shape index (κ3) is 2.60. The summed E-state index contributed by atoms with van der Waals surface area (Å²) < 4.78 is 1.09. The van der Waals surface area contributed by atoms with Crippen LogP contribution < -0.4 is 5.32 Å². The first-order valence-corrected chi connectivity index (χ1v) is 5.63. The summed E-state index contributed by atoms with van der Waals surface area (Å²) in [6.45, 7) is 2.08. The molecule has 1 nitrogen and oxygen atoms in total. The van der Waals surface area contributed by atoms with Crippen LogP contribution >= 0.6 is 15.9 Å². The van der Waals surface area contributed by atoms with Crippen molar-refractivity contribution in [1.29, 1.82) is 0 Å². The van der Waals surface area contributed by atoms with E-state index in [-0.39, 0.29) is 0 Å². The molecule has 15 heavy (non-hydrogen) atoms. The van der Waals surface area contributed by atoms with E-state index in [1.54, 1.807) is 0 Å². The first kappa shape index (κ1) is 10.2. The number of hydrogen-bond donors (Lipinski definition) is 1. The summed E-state index contributed by atoms with van der Waals surface area (Å²) in [4.78, 5) is 0. The Hall–Kier alpha value is -1.28. The summed E-state index contributed by atoms with van der Waals surface area (Å²) in [6, 6.07) is 16.4. The highest BCUT2D eigenvalue weighted by molar-refractivity contribution is 9.10. The minimum atomic E-state index is 1.09. The van der Waals surface area contributed by atoms with Gasteiger partial charge in [-0.2, -0.15) is 0 Å². The standard InChI is InChI=1S/C13H12BrN/c1-10-7-8-13(12(14)9-10)15-11-5-3-2-4-6-11/h2-9,15H,1H3. The van der Waals surface area contributed by atoms with E-state index in [2.05, 4.69) is 46.4 Å². The molecule has 0 spiro atoms. The molecular weight excluding hydrogens is 250 g/mol. The number of anilines is 2. The van der Waals surface area contributed by atoms with Gasteiger partial charge in [-0.15, -0.1) is 0 Å². The Balaban J connectivity index is 2.25. The molecule has 0 aliphatic rings. The number of halogens is 1. The second-order valence-corrected chi connectivity index (χ2v) is 4.33.